The molecule has 0 amide bonds. The molecule has 0 aliphatic heterocycles. The number of aromatic nitrogens is 1. The highest BCUT2D eigenvalue weighted by Crippen LogP contribution is 2.04. The summed E-state index contributed by atoms with van der Waals surface area (Å²) >= 11 is 1.70. The van der Waals surface area contributed by atoms with E-state index in [9.17, 15) is 0 Å². The standard InChI is InChI=1S/C9H17N3S/c1-8(12(2)3)4-10-5-9-6-11-7-13-9/h6-8,10H,4-5H2,1-3H3. The van der Waals surface area contributed by atoms with E-state index < -0.39 is 0 Å². The molecular weight excluding hydrogens is 182 g/mol. The van der Waals surface area contributed by atoms with Crippen LogP contribution < -0.4 is 5.32 Å². The average Bonchev–Trinajstić information content (AvgIpc) is 2.56. The lowest BCUT2D eigenvalue weighted by atomic mass is 10.3. The monoisotopic (exact) mass is 199 g/mol. The lowest BCUT2D eigenvalue weighted by Crippen LogP contribution is -2.34. The molecule has 0 radical (unpaired) electrons. The maximum atomic E-state index is 4.02. The van der Waals surface area contributed by atoms with Gasteiger partial charge in [0.15, 0.2) is 0 Å². The van der Waals surface area contributed by atoms with E-state index in [1.807, 2.05) is 11.7 Å². The van der Waals surface area contributed by atoms with Crippen molar-refractivity contribution in [3.05, 3.63) is 16.6 Å². The molecule has 3 nitrogen and oxygen atoms in total. The second kappa shape index (κ2) is 5.32. The number of nitrogens with one attached hydrogen (secondary N) is 1. The average molecular weight is 199 g/mol. The van der Waals surface area contributed by atoms with Crippen molar-refractivity contribution in [1.82, 2.24) is 15.2 Å². The van der Waals surface area contributed by atoms with E-state index in [1.54, 1.807) is 11.3 Å². The first kappa shape index (κ1) is 10.6. The Bertz CT molecular complexity index is 221. The van der Waals surface area contributed by atoms with Gasteiger partial charge in [-0.05, 0) is 21.0 Å². The van der Waals surface area contributed by atoms with Crippen LogP contribution in [0.15, 0.2) is 11.7 Å². The Morgan fingerprint density at radius 3 is 2.92 bits per heavy atom. The molecule has 0 aliphatic carbocycles. The number of likely N-dealkylation sites (N-methyl/N-ethyl adjacent to an activating group) is 1. The minimum Gasteiger partial charge on any atom is -0.310 e. The van der Waals surface area contributed by atoms with Gasteiger partial charge in [0.2, 0.25) is 0 Å². The molecule has 74 valence electrons. The van der Waals surface area contributed by atoms with Gasteiger partial charge < -0.3 is 10.2 Å². The van der Waals surface area contributed by atoms with Gasteiger partial charge in [0.05, 0.1) is 5.51 Å². The van der Waals surface area contributed by atoms with Crippen molar-refractivity contribution in [2.75, 3.05) is 20.6 Å². The fourth-order valence-corrected chi connectivity index (χ4v) is 1.48. The first-order chi connectivity index (χ1) is 6.20. The molecule has 1 aromatic heterocycles. The Morgan fingerprint density at radius 2 is 2.38 bits per heavy atom. The zero-order chi connectivity index (χ0) is 9.68. The Hall–Kier alpha value is -0.450. The van der Waals surface area contributed by atoms with Crippen molar-refractivity contribution >= 4 is 11.3 Å². The fourth-order valence-electron chi connectivity index (χ4n) is 0.916. The van der Waals surface area contributed by atoms with Crippen LogP contribution in [0.2, 0.25) is 0 Å². The van der Waals surface area contributed by atoms with Gasteiger partial charge in [-0.1, -0.05) is 0 Å². The molecule has 0 fully saturated rings. The first-order valence-corrected chi connectivity index (χ1v) is 5.32. The maximum Gasteiger partial charge on any atom is 0.0794 e. The van der Waals surface area contributed by atoms with Crippen LogP contribution in [0.3, 0.4) is 0 Å². The van der Waals surface area contributed by atoms with Gasteiger partial charge >= 0.3 is 0 Å². The molecule has 1 heterocycles. The predicted octanol–water partition coefficient (Wildman–Crippen LogP) is 1.18. The Morgan fingerprint density at radius 1 is 1.62 bits per heavy atom. The summed E-state index contributed by atoms with van der Waals surface area (Å²) in [5.41, 5.74) is 1.87. The number of hydrogen-bond acceptors (Lipinski definition) is 4. The van der Waals surface area contributed by atoms with E-state index >= 15 is 0 Å². The molecule has 13 heavy (non-hydrogen) atoms. The van der Waals surface area contributed by atoms with Crippen LogP contribution in [0.4, 0.5) is 0 Å². The smallest absolute Gasteiger partial charge is 0.0794 e. The van der Waals surface area contributed by atoms with E-state index in [1.165, 1.54) is 4.88 Å². The summed E-state index contributed by atoms with van der Waals surface area (Å²) in [6.07, 6.45) is 1.91. The highest BCUT2D eigenvalue weighted by molar-refractivity contribution is 7.09. The quantitative estimate of drug-likeness (QED) is 0.772. The molecule has 1 atom stereocenters. The zero-order valence-corrected chi connectivity index (χ0v) is 9.27. The van der Waals surface area contributed by atoms with Crippen LogP contribution in [-0.4, -0.2) is 36.6 Å². The molecular formula is C9H17N3S. The van der Waals surface area contributed by atoms with Gasteiger partial charge in [-0.25, -0.2) is 0 Å². The van der Waals surface area contributed by atoms with E-state index in [-0.39, 0.29) is 0 Å². The Kier molecular flexibility index (Phi) is 4.35. The number of thiazole rings is 1. The summed E-state index contributed by atoms with van der Waals surface area (Å²) in [4.78, 5) is 7.53. The fraction of sp³-hybridized carbons (Fsp3) is 0.667. The summed E-state index contributed by atoms with van der Waals surface area (Å²) in [5.74, 6) is 0. The van der Waals surface area contributed by atoms with Gasteiger partial charge in [-0.15, -0.1) is 11.3 Å². The van der Waals surface area contributed by atoms with E-state index in [4.69, 9.17) is 0 Å². The summed E-state index contributed by atoms with van der Waals surface area (Å²) < 4.78 is 0. The molecule has 1 unspecified atom stereocenters. The molecule has 4 heteroatoms. The largest absolute Gasteiger partial charge is 0.310 e. The predicted molar refractivity (Wildman–Crippen MR) is 57.0 cm³/mol. The minimum absolute atomic E-state index is 0.577. The maximum absolute atomic E-state index is 4.02. The van der Waals surface area contributed by atoms with Crippen LogP contribution in [-0.2, 0) is 6.54 Å². The third-order valence-corrected chi connectivity index (χ3v) is 2.88. The van der Waals surface area contributed by atoms with Crippen LogP contribution in [0.25, 0.3) is 0 Å². The second-order valence-corrected chi connectivity index (χ2v) is 4.38. The molecule has 1 aromatic rings. The highest BCUT2D eigenvalue weighted by atomic mass is 32.1. The third-order valence-electron chi connectivity index (χ3n) is 2.10. The van der Waals surface area contributed by atoms with Crippen molar-refractivity contribution in [2.24, 2.45) is 0 Å². The molecule has 0 bridgehead atoms. The molecule has 0 aromatic carbocycles. The van der Waals surface area contributed by atoms with E-state index in [0.29, 0.717) is 6.04 Å². The molecule has 1 N–H and O–H groups in total. The van der Waals surface area contributed by atoms with Crippen LogP contribution in [0, 0.1) is 0 Å². The topological polar surface area (TPSA) is 28.2 Å². The second-order valence-electron chi connectivity index (χ2n) is 3.41. The van der Waals surface area contributed by atoms with Crippen molar-refractivity contribution < 1.29 is 0 Å². The summed E-state index contributed by atoms with van der Waals surface area (Å²) in [7, 11) is 4.19. The summed E-state index contributed by atoms with van der Waals surface area (Å²) in [6.45, 7) is 4.16. The molecule has 0 spiro atoms. The lowest BCUT2D eigenvalue weighted by molar-refractivity contribution is 0.303. The van der Waals surface area contributed by atoms with Crippen molar-refractivity contribution in [3.63, 3.8) is 0 Å². The van der Waals surface area contributed by atoms with Gasteiger partial charge in [0.1, 0.15) is 0 Å². The highest BCUT2D eigenvalue weighted by Gasteiger charge is 2.03. The van der Waals surface area contributed by atoms with E-state index in [0.717, 1.165) is 13.1 Å². The normalized spacial score (nSPS) is 13.5. The number of hydrogen-bond donors (Lipinski definition) is 1. The number of nitrogens with zero attached hydrogens (tertiary/aromatic N) is 2. The number of rotatable bonds is 5. The van der Waals surface area contributed by atoms with Crippen LogP contribution in [0.1, 0.15) is 11.8 Å². The SMILES string of the molecule is CC(CNCc1cncs1)N(C)C. The van der Waals surface area contributed by atoms with Crippen LogP contribution in [0.5, 0.6) is 0 Å². The van der Waals surface area contributed by atoms with Gasteiger partial charge in [0.25, 0.3) is 0 Å². The molecule has 1 rings (SSSR count). The van der Waals surface area contributed by atoms with E-state index in [2.05, 4.69) is 36.2 Å². The van der Waals surface area contributed by atoms with Gasteiger partial charge in [-0.3, -0.25) is 4.98 Å². The van der Waals surface area contributed by atoms with Crippen molar-refractivity contribution in [3.8, 4) is 0 Å². The van der Waals surface area contributed by atoms with Crippen molar-refractivity contribution in [1.29, 1.82) is 0 Å². The summed E-state index contributed by atoms with van der Waals surface area (Å²) in [6, 6.07) is 0.577. The molecule has 0 saturated heterocycles. The zero-order valence-electron chi connectivity index (χ0n) is 8.45. The molecule has 0 saturated carbocycles. The molecule has 0 aliphatic rings. The third kappa shape index (κ3) is 3.85. The Labute approximate surface area is 83.8 Å². The van der Waals surface area contributed by atoms with Gasteiger partial charge in [-0.2, -0.15) is 0 Å². The van der Waals surface area contributed by atoms with Crippen molar-refractivity contribution in [2.45, 2.75) is 19.5 Å². The Balaban J connectivity index is 2.14. The lowest BCUT2D eigenvalue weighted by Gasteiger charge is -2.19. The minimum atomic E-state index is 0.577. The van der Waals surface area contributed by atoms with Gasteiger partial charge in [0, 0.05) is 30.2 Å². The van der Waals surface area contributed by atoms with Crippen LogP contribution >= 0.6 is 11.3 Å². The first-order valence-electron chi connectivity index (χ1n) is 4.44. The summed E-state index contributed by atoms with van der Waals surface area (Å²) in [5, 5.41) is 3.40.